The van der Waals surface area contributed by atoms with Gasteiger partial charge >= 0.3 is 0 Å². The molecule has 0 saturated heterocycles. The summed E-state index contributed by atoms with van der Waals surface area (Å²) in [6, 6.07) is 6.50. The minimum absolute atomic E-state index is 0.0153. The number of nitriles is 1. The summed E-state index contributed by atoms with van der Waals surface area (Å²) >= 11 is 17.0. The number of halogens is 3. The lowest BCUT2D eigenvalue weighted by molar-refractivity contribution is 0.445. The quantitative estimate of drug-likeness (QED) is 0.617. The molecule has 0 heterocycles. The lowest BCUT2D eigenvalue weighted by Gasteiger charge is -2.18. The maximum Gasteiger partial charge on any atom is 0.229 e. The first kappa shape index (κ1) is 15.5. The smallest absolute Gasteiger partial charge is 0.211 e. The van der Waals surface area contributed by atoms with Crippen LogP contribution in [-0.2, 0) is 16.6 Å². The Bertz CT molecular complexity index is 569. The molecule has 0 atom stereocenters. The molecule has 1 aromatic carbocycles. The van der Waals surface area contributed by atoms with Gasteiger partial charge in [0.05, 0.1) is 6.07 Å². The molecule has 0 aliphatic heterocycles. The molecule has 8 heteroatoms. The zero-order valence-electron chi connectivity index (χ0n) is 9.11. The Labute approximate surface area is 121 Å². The lowest BCUT2D eigenvalue weighted by Crippen LogP contribution is -2.31. The van der Waals surface area contributed by atoms with Crippen molar-refractivity contribution in [2.45, 2.75) is 6.54 Å². The van der Waals surface area contributed by atoms with Crippen LogP contribution in [0.3, 0.4) is 0 Å². The summed E-state index contributed by atoms with van der Waals surface area (Å²) in [6.45, 7) is -0.299. The number of hydrogen-bond donors (Lipinski definition) is 0. The van der Waals surface area contributed by atoms with Crippen LogP contribution < -0.4 is 0 Å². The van der Waals surface area contributed by atoms with Crippen molar-refractivity contribution in [3.63, 3.8) is 0 Å². The van der Waals surface area contributed by atoms with Gasteiger partial charge in [-0.1, -0.05) is 29.3 Å². The number of rotatable bonds is 5. The molecule has 1 rings (SSSR count). The molecule has 0 saturated carbocycles. The van der Waals surface area contributed by atoms with Gasteiger partial charge in [0.25, 0.3) is 0 Å². The van der Waals surface area contributed by atoms with E-state index in [1.54, 1.807) is 18.2 Å². The van der Waals surface area contributed by atoms with E-state index in [1.165, 1.54) is 6.07 Å². The Hall–Kier alpha value is -0.510. The highest BCUT2D eigenvalue weighted by Crippen LogP contribution is 2.23. The molecular formula is C10H9Cl3N2O2S. The van der Waals surface area contributed by atoms with Crippen LogP contribution in [0, 0.1) is 11.3 Å². The molecule has 0 aliphatic rings. The van der Waals surface area contributed by atoms with Crippen molar-refractivity contribution in [3.05, 3.63) is 33.8 Å². The van der Waals surface area contributed by atoms with Gasteiger partial charge in [-0.05, 0) is 17.7 Å². The minimum atomic E-state index is -3.66. The van der Waals surface area contributed by atoms with Crippen LogP contribution in [0.15, 0.2) is 18.2 Å². The molecular weight excluding hydrogens is 319 g/mol. The number of hydrogen-bond acceptors (Lipinski definition) is 3. The average Bonchev–Trinajstić information content (AvgIpc) is 2.31. The number of alkyl halides is 1. The minimum Gasteiger partial charge on any atom is -0.211 e. The Morgan fingerprint density at radius 2 is 2.00 bits per heavy atom. The van der Waals surface area contributed by atoms with Crippen LogP contribution >= 0.6 is 34.8 Å². The highest BCUT2D eigenvalue weighted by atomic mass is 35.5. The highest BCUT2D eigenvalue weighted by Gasteiger charge is 2.21. The lowest BCUT2D eigenvalue weighted by atomic mass is 10.2. The Morgan fingerprint density at radius 3 is 2.50 bits per heavy atom. The fraction of sp³-hybridized carbons (Fsp3) is 0.300. The monoisotopic (exact) mass is 326 g/mol. The van der Waals surface area contributed by atoms with Gasteiger partial charge in [0, 0.05) is 16.6 Å². The normalized spacial score (nSPS) is 11.5. The molecule has 0 amide bonds. The molecule has 4 nitrogen and oxygen atoms in total. The highest BCUT2D eigenvalue weighted by molar-refractivity contribution is 7.90. The van der Waals surface area contributed by atoms with Gasteiger partial charge in [-0.3, -0.25) is 0 Å². The Morgan fingerprint density at radius 1 is 1.33 bits per heavy atom. The fourth-order valence-corrected chi connectivity index (χ4v) is 2.85. The van der Waals surface area contributed by atoms with Gasteiger partial charge in [0.1, 0.15) is 11.8 Å². The molecule has 98 valence electrons. The van der Waals surface area contributed by atoms with Crippen molar-refractivity contribution in [3.8, 4) is 6.07 Å². The molecule has 0 bridgehead atoms. The van der Waals surface area contributed by atoms with Gasteiger partial charge in [-0.15, -0.1) is 11.6 Å². The van der Waals surface area contributed by atoms with Crippen molar-refractivity contribution in [1.29, 1.82) is 5.26 Å². The standard InChI is InChI=1S/C10H9Cl3N2O2S/c11-7-18(16,17)15(4-3-14)6-8-1-2-9(12)5-10(8)13/h1-2,5H,4,6-7H2. The Kier molecular flexibility index (Phi) is 5.70. The van der Waals surface area contributed by atoms with Crippen molar-refractivity contribution < 1.29 is 8.42 Å². The van der Waals surface area contributed by atoms with E-state index < -0.39 is 15.2 Å². The largest absolute Gasteiger partial charge is 0.229 e. The van der Waals surface area contributed by atoms with E-state index in [9.17, 15) is 8.42 Å². The van der Waals surface area contributed by atoms with Crippen LogP contribution in [0.4, 0.5) is 0 Å². The molecule has 0 aliphatic carbocycles. The number of benzene rings is 1. The first-order valence-corrected chi connectivity index (χ1v) is 7.65. The molecule has 18 heavy (non-hydrogen) atoms. The predicted octanol–water partition coefficient (Wildman–Crippen LogP) is 2.85. The summed E-state index contributed by atoms with van der Waals surface area (Å²) < 4.78 is 24.3. The first-order valence-electron chi connectivity index (χ1n) is 4.75. The zero-order valence-corrected chi connectivity index (χ0v) is 12.2. The van der Waals surface area contributed by atoms with Crippen molar-refractivity contribution in [1.82, 2.24) is 4.31 Å². The third-order valence-corrected chi connectivity index (χ3v) is 4.88. The van der Waals surface area contributed by atoms with Gasteiger partial charge in [0.2, 0.25) is 10.0 Å². The summed E-state index contributed by atoms with van der Waals surface area (Å²) in [4.78, 5) is 0. The molecule has 0 unspecified atom stereocenters. The van der Waals surface area contributed by atoms with Crippen molar-refractivity contribution in [2.75, 3.05) is 11.8 Å². The Balaban J connectivity index is 3.01. The van der Waals surface area contributed by atoms with Gasteiger partial charge < -0.3 is 0 Å². The van der Waals surface area contributed by atoms with E-state index in [-0.39, 0.29) is 13.1 Å². The van der Waals surface area contributed by atoms with Crippen LogP contribution in [0.5, 0.6) is 0 Å². The van der Waals surface area contributed by atoms with E-state index in [2.05, 4.69) is 0 Å². The van der Waals surface area contributed by atoms with E-state index in [0.717, 1.165) is 4.31 Å². The maximum absolute atomic E-state index is 11.6. The second-order valence-corrected chi connectivity index (χ2v) is 6.78. The summed E-state index contributed by atoms with van der Waals surface area (Å²) in [5.41, 5.74) is 0.560. The number of sulfonamides is 1. The second kappa shape index (κ2) is 6.60. The molecule has 0 spiro atoms. The van der Waals surface area contributed by atoms with Gasteiger partial charge in [-0.25, -0.2) is 8.42 Å². The topological polar surface area (TPSA) is 61.2 Å². The molecule has 0 fully saturated rings. The number of nitrogens with zero attached hydrogens (tertiary/aromatic N) is 2. The van der Waals surface area contributed by atoms with Crippen LogP contribution in [0.1, 0.15) is 5.56 Å². The van der Waals surface area contributed by atoms with Crippen molar-refractivity contribution >= 4 is 44.8 Å². The van der Waals surface area contributed by atoms with Crippen LogP contribution in [-0.4, -0.2) is 24.5 Å². The predicted molar refractivity (Wildman–Crippen MR) is 72.1 cm³/mol. The van der Waals surface area contributed by atoms with Gasteiger partial charge in [-0.2, -0.15) is 9.57 Å². The van der Waals surface area contributed by atoms with Crippen molar-refractivity contribution in [2.24, 2.45) is 0 Å². The fourth-order valence-electron chi connectivity index (χ4n) is 1.24. The SMILES string of the molecule is N#CCN(Cc1ccc(Cl)cc1Cl)S(=O)(=O)CCl. The summed E-state index contributed by atoms with van der Waals surface area (Å²) in [6.07, 6.45) is 0. The van der Waals surface area contributed by atoms with Crippen LogP contribution in [0.2, 0.25) is 10.0 Å². The first-order chi connectivity index (χ1) is 8.40. The second-order valence-electron chi connectivity index (χ2n) is 3.38. The van der Waals surface area contributed by atoms with E-state index in [4.69, 9.17) is 40.1 Å². The van der Waals surface area contributed by atoms with E-state index in [1.807, 2.05) is 0 Å². The molecule has 0 radical (unpaired) electrons. The molecule has 0 aromatic heterocycles. The summed E-state index contributed by atoms with van der Waals surface area (Å²) in [7, 11) is -3.66. The van der Waals surface area contributed by atoms with Crippen LogP contribution in [0.25, 0.3) is 0 Å². The average molecular weight is 328 g/mol. The van der Waals surface area contributed by atoms with Gasteiger partial charge in [0.15, 0.2) is 0 Å². The molecule has 0 N–H and O–H groups in total. The van der Waals surface area contributed by atoms with E-state index >= 15 is 0 Å². The maximum atomic E-state index is 11.6. The molecule has 1 aromatic rings. The summed E-state index contributed by atoms with van der Waals surface area (Å²) in [5, 5.41) is 8.85. The summed E-state index contributed by atoms with van der Waals surface area (Å²) in [5.74, 6) is 0. The zero-order chi connectivity index (χ0) is 13.8. The third-order valence-electron chi connectivity index (χ3n) is 2.14. The third kappa shape index (κ3) is 4.01. The van der Waals surface area contributed by atoms with E-state index in [0.29, 0.717) is 15.6 Å².